The number of nitrogens with zero attached hydrogens (tertiary/aromatic N) is 1. The van der Waals surface area contributed by atoms with Crippen molar-refractivity contribution in [3.8, 4) is 0 Å². The van der Waals surface area contributed by atoms with Crippen molar-refractivity contribution in [2.24, 2.45) is 0 Å². The minimum atomic E-state index is -0.989. The van der Waals surface area contributed by atoms with Crippen LogP contribution in [0.4, 0.5) is 0 Å². The Morgan fingerprint density at radius 2 is 2.29 bits per heavy atom. The van der Waals surface area contributed by atoms with Gasteiger partial charge in [0.05, 0.1) is 4.88 Å². The number of carboxylic acids is 1. The van der Waals surface area contributed by atoms with Crippen LogP contribution >= 0.6 is 11.3 Å². The molecule has 1 aromatic rings. The molecule has 1 heterocycles. The molecular formula is C9H11NO3S. The molecule has 0 bridgehead atoms. The van der Waals surface area contributed by atoms with E-state index in [1.807, 2.05) is 0 Å². The Bertz CT molecular complexity index is 321. The molecule has 0 aromatic carbocycles. The normalized spacial score (nSPS) is 9.79. The maximum atomic E-state index is 11.6. The van der Waals surface area contributed by atoms with Crippen LogP contribution < -0.4 is 0 Å². The highest BCUT2D eigenvalue weighted by molar-refractivity contribution is 7.12. The number of hydrogen-bond acceptors (Lipinski definition) is 3. The fraction of sp³-hybridized carbons (Fsp3) is 0.333. The molecule has 1 rings (SSSR count). The molecule has 1 N–H and O–H groups in total. The number of rotatable bonds is 4. The summed E-state index contributed by atoms with van der Waals surface area (Å²) in [6, 6.07) is 3.46. The number of thiophene rings is 1. The fourth-order valence-corrected chi connectivity index (χ4v) is 1.74. The van der Waals surface area contributed by atoms with Crippen LogP contribution in [0.15, 0.2) is 17.5 Å². The topological polar surface area (TPSA) is 57.6 Å². The van der Waals surface area contributed by atoms with E-state index in [1.54, 1.807) is 24.4 Å². The molecule has 76 valence electrons. The molecule has 4 nitrogen and oxygen atoms in total. The van der Waals surface area contributed by atoms with Crippen LogP contribution in [0.1, 0.15) is 16.6 Å². The molecule has 14 heavy (non-hydrogen) atoms. The number of aliphatic carboxylic acids is 1. The lowest BCUT2D eigenvalue weighted by Gasteiger charge is -2.17. The highest BCUT2D eigenvalue weighted by atomic mass is 32.1. The predicted molar refractivity (Wildman–Crippen MR) is 53.5 cm³/mol. The Morgan fingerprint density at radius 3 is 2.71 bits per heavy atom. The molecule has 0 atom stereocenters. The van der Waals surface area contributed by atoms with Crippen LogP contribution in [0.25, 0.3) is 0 Å². The van der Waals surface area contributed by atoms with Crippen LogP contribution in [0, 0.1) is 0 Å². The Balaban J connectivity index is 2.70. The Morgan fingerprint density at radius 1 is 1.57 bits per heavy atom. The van der Waals surface area contributed by atoms with Gasteiger partial charge in [-0.15, -0.1) is 11.3 Å². The third-order valence-corrected chi connectivity index (χ3v) is 2.58. The summed E-state index contributed by atoms with van der Waals surface area (Å²) in [4.78, 5) is 24.0. The van der Waals surface area contributed by atoms with Crippen molar-refractivity contribution in [1.82, 2.24) is 4.90 Å². The predicted octanol–water partition coefficient (Wildman–Crippen LogP) is 1.29. The largest absolute Gasteiger partial charge is 0.480 e. The lowest BCUT2D eigenvalue weighted by atomic mass is 10.4. The van der Waals surface area contributed by atoms with E-state index in [2.05, 4.69) is 0 Å². The Kier molecular flexibility index (Phi) is 3.64. The number of amides is 1. The number of carboxylic acid groups (broad SMARTS) is 1. The summed E-state index contributed by atoms with van der Waals surface area (Å²) in [5, 5.41) is 10.4. The summed E-state index contributed by atoms with van der Waals surface area (Å²) in [5.41, 5.74) is 0. The standard InChI is InChI=1S/C9H11NO3S/c1-2-10(6-8(11)12)9(13)7-4-3-5-14-7/h3-5H,2,6H2,1H3,(H,11,12). The molecule has 0 unspecified atom stereocenters. The number of hydrogen-bond donors (Lipinski definition) is 1. The van der Waals surface area contributed by atoms with Crippen molar-refractivity contribution < 1.29 is 14.7 Å². The van der Waals surface area contributed by atoms with Crippen molar-refractivity contribution in [3.05, 3.63) is 22.4 Å². The summed E-state index contributed by atoms with van der Waals surface area (Å²) in [6.07, 6.45) is 0. The van der Waals surface area contributed by atoms with E-state index < -0.39 is 5.97 Å². The van der Waals surface area contributed by atoms with Gasteiger partial charge < -0.3 is 10.0 Å². The summed E-state index contributed by atoms with van der Waals surface area (Å²) >= 11 is 1.32. The molecule has 1 amide bonds. The van der Waals surface area contributed by atoms with E-state index in [0.717, 1.165) is 0 Å². The van der Waals surface area contributed by atoms with Gasteiger partial charge in [-0.1, -0.05) is 6.07 Å². The lowest BCUT2D eigenvalue weighted by Crippen LogP contribution is -2.34. The van der Waals surface area contributed by atoms with E-state index in [1.165, 1.54) is 16.2 Å². The van der Waals surface area contributed by atoms with Crippen LogP contribution in [0.5, 0.6) is 0 Å². The first kappa shape index (κ1) is 10.7. The summed E-state index contributed by atoms with van der Waals surface area (Å²) in [7, 11) is 0. The van der Waals surface area contributed by atoms with Gasteiger partial charge in [0.2, 0.25) is 0 Å². The fourth-order valence-electron chi connectivity index (χ4n) is 1.05. The minimum absolute atomic E-state index is 0.218. The van der Waals surface area contributed by atoms with Crippen molar-refractivity contribution in [2.75, 3.05) is 13.1 Å². The summed E-state index contributed by atoms with van der Waals surface area (Å²) in [6.45, 7) is 1.92. The van der Waals surface area contributed by atoms with Crippen molar-refractivity contribution in [1.29, 1.82) is 0 Å². The van der Waals surface area contributed by atoms with Gasteiger partial charge in [0.15, 0.2) is 0 Å². The third kappa shape index (κ3) is 2.56. The van der Waals surface area contributed by atoms with E-state index in [4.69, 9.17) is 5.11 Å². The highest BCUT2D eigenvalue weighted by Crippen LogP contribution is 2.11. The van der Waals surface area contributed by atoms with Crippen LogP contribution in [-0.2, 0) is 4.79 Å². The zero-order chi connectivity index (χ0) is 10.6. The second kappa shape index (κ2) is 4.76. The lowest BCUT2D eigenvalue weighted by molar-refractivity contribution is -0.137. The molecule has 0 saturated heterocycles. The zero-order valence-electron chi connectivity index (χ0n) is 7.77. The van der Waals surface area contributed by atoms with Crippen LogP contribution in [-0.4, -0.2) is 35.0 Å². The van der Waals surface area contributed by atoms with E-state index in [-0.39, 0.29) is 12.5 Å². The molecule has 0 spiro atoms. The zero-order valence-corrected chi connectivity index (χ0v) is 8.58. The van der Waals surface area contributed by atoms with Crippen molar-refractivity contribution in [2.45, 2.75) is 6.92 Å². The molecule has 0 radical (unpaired) electrons. The number of carbonyl (C=O) groups excluding carboxylic acids is 1. The van der Waals surface area contributed by atoms with E-state index >= 15 is 0 Å². The molecule has 0 aliphatic carbocycles. The van der Waals surface area contributed by atoms with Crippen LogP contribution in [0.2, 0.25) is 0 Å². The van der Waals surface area contributed by atoms with Gasteiger partial charge in [0, 0.05) is 6.54 Å². The molecule has 0 saturated carbocycles. The maximum absolute atomic E-state index is 11.6. The average molecular weight is 213 g/mol. The first-order chi connectivity index (χ1) is 6.65. The Labute approximate surface area is 85.8 Å². The van der Waals surface area contributed by atoms with Gasteiger partial charge in [0.25, 0.3) is 5.91 Å². The Hall–Kier alpha value is -1.36. The van der Waals surface area contributed by atoms with Gasteiger partial charge in [-0.05, 0) is 18.4 Å². The third-order valence-electron chi connectivity index (χ3n) is 1.73. The van der Waals surface area contributed by atoms with Gasteiger partial charge in [-0.3, -0.25) is 9.59 Å². The smallest absolute Gasteiger partial charge is 0.323 e. The molecule has 0 fully saturated rings. The average Bonchev–Trinajstić information content (AvgIpc) is 2.65. The second-order valence-electron chi connectivity index (χ2n) is 2.69. The molecule has 1 aromatic heterocycles. The van der Waals surface area contributed by atoms with E-state index in [9.17, 15) is 9.59 Å². The second-order valence-corrected chi connectivity index (χ2v) is 3.64. The maximum Gasteiger partial charge on any atom is 0.323 e. The molecular weight excluding hydrogens is 202 g/mol. The number of carbonyl (C=O) groups is 2. The van der Waals surface area contributed by atoms with Gasteiger partial charge in [-0.2, -0.15) is 0 Å². The van der Waals surface area contributed by atoms with Crippen molar-refractivity contribution in [3.63, 3.8) is 0 Å². The minimum Gasteiger partial charge on any atom is -0.480 e. The first-order valence-corrected chi connectivity index (χ1v) is 5.07. The van der Waals surface area contributed by atoms with Gasteiger partial charge in [-0.25, -0.2) is 0 Å². The van der Waals surface area contributed by atoms with Gasteiger partial charge in [0.1, 0.15) is 6.54 Å². The quantitative estimate of drug-likeness (QED) is 0.820. The first-order valence-electron chi connectivity index (χ1n) is 4.19. The monoisotopic (exact) mass is 213 g/mol. The summed E-state index contributed by atoms with van der Waals surface area (Å²) in [5.74, 6) is -1.21. The van der Waals surface area contributed by atoms with Crippen LogP contribution in [0.3, 0.4) is 0 Å². The van der Waals surface area contributed by atoms with E-state index in [0.29, 0.717) is 11.4 Å². The SMILES string of the molecule is CCN(CC(=O)O)C(=O)c1cccs1. The molecule has 5 heteroatoms. The van der Waals surface area contributed by atoms with Crippen molar-refractivity contribution >= 4 is 23.2 Å². The number of likely N-dealkylation sites (N-methyl/N-ethyl adjacent to an activating group) is 1. The molecule has 0 aliphatic rings. The molecule has 0 aliphatic heterocycles. The van der Waals surface area contributed by atoms with Gasteiger partial charge >= 0.3 is 5.97 Å². The summed E-state index contributed by atoms with van der Waals surface area (Å²) < 4.78 is 0. The highest BCUT2D eigenvalue weighted by Gasteiger charge is 2.16.